The van der Waals surface area contributed by atoms with Crippen LogP contribution in [0.1, 0.15) is 37.9 Å². The fourth-order valence-electron chi connectivity index (χ4n) is 2.32. The molecule has 2 rings (SSSR count). The number of hydrogen-bond acceptors (Lipinski definition) is 10. The van der Waals surface area contributed by atoms with Gasteiger partial charge in [-0.25, -0.2) is 4.98 Å². The van der Waals surface area contributed by atoms with E-state index in [1.54, 1.807) is 31.4 Å². The first-order chi connectivity index (χ1) is 14.5. The molecule has 162 valence electrons. The number of rotatable bonds is 12. The molecule has 30 heavy (non-hydrogen) atoms. The zero-order valence-electron chi connectivity index (χ0n) is 16.9. The number of thiazole rings is 1. The van der Waals surface area contributed by atoms with Gasteiger partial charge >= 0.3 is 11.9 Å². The predicted octanol–water partition coefficient (Wildman–Crippen LogP) is 3.12. The van der Waals surface area contributed by atoms with Crippen LogP contribution in [-0.4, -0.2) is 48.1 Å². The number of ether oxygens (including phenoxy) is 3. The van der Waals surface area contributed by atoms with Crippen LogP contribution in [0.3, 0.4) is 0 Å². The van der Waals surface area contributed by atoms with E-state index in [0.717, 1.165) is 0 Å². The largest absolute Gasteiger partial charge is 0.507 e. The van der Waals surface area contributed by atoms with Crippen molar-refractivity contribution in [3.8, 4) is 11.5 Å². The first-order valence-electron chi connectivity index (χ1n) is 9.52. The SMILES string of the molecule is CCOC(=O)CCCOc1ccc(C=NNc2nc(CC(=O)OCC)cs2)c(O)c1. The van der Waals surface area contributed by atoms with Crippen LogP contribution in [0.25, 0.3) is 0 Å². The van der Waals surface area contributed by atoms with E-state index in [4.69, 9.17) is 14.2 Å². The number of hydrazone groups is 1. The zero-order valence-corrected chi connectivity index (χ0v) is 17.7. The summed E-state index contributed by atoms with van der Waals surface area (Å²) in [4.78, 5) is 27.0. The van der Waals surface area contributed by atoms with Crippen molar-refractivity contribution in [1.29, 1.82) is 0 Å². The summed E-state index contributed by atoms with van der Waals surface area (Å²) in [7, 11) is 0. The third kappa shape index (κ3) is 8.08. The Kier molecular flexibility index (Phi) is 9.59. The predicted molar refractivity (Wildman–Crippen MR) is 113 cm³/mol. The van der Waals surface area contributed by atoms with Gasteiger partial charge in [-0.05, 0) is 32.4 Å². The third-order valence-electron chi connectivity index (χ3n) is 3.65. The fraction of sp³-hybridized carbons (Fsp3) is 0.400. The first kappa shape index (κ1) is 23.1. The minimum Gasteiger partial charge on any atom is -0.507 e. The van der Waals surface area contributed by atoms with Crippen molar-refractivity contribution in [3.05, 3.63) is 34.8 Å². The maximum absolute atomic E-state index is 11.5. The molecule has 0 unspecified atom stereocenters. The number of nitrogens with zero attached hydrogens (tertiary/aromatic N) is 2. The Balaban J connectivity index is 1.80. The number of esters is 2. The molecule has 1 heterocycles. The number of aromatic nitrogens is 1. The Morgan fingerprint density at radius 2 is 2.00 bits per heavy atom. The van der Waals surface area contributed by atoms with Gasteiger partial charge in [0.25, 0.3) is 0 Å². The van der Waals surface area contributed by atoms with Crippen LogP contribution in [0.5, 0.6) is 11.5 Å². The van der Waals surface area contributed by atoms with Crippen LogP contribution >= 0.6 is 11.3 Å². The topological polar surface area (TPSA) is 119 Å². The van der Waals surface area contributed by atoms with Crippen molar-refractivity contribution < 1.29 is 28.9 Å². The maximum atomic E-state index is 11.5. The Morgan fingerprint density at radius 1 is 1.23 bits per heavy atom. The Bertz CT molecular complexity index is 868. The lowest BCUT2D eigenvalue weighted by Gasteiger charge is -2.07. The van der Waals surface area contributed by atoms with E-state index in [-0.39, 0.29) is 30.5 Å². The molecule has 0 amide bonds. The van der Waals surface area contributed by atoms with Gasteiger partial charge < -0.3 is 19.3 Å². The molecule has 0 fully saturated rings. The molecule has 1 aromatic heterocycles. The molecule has 0 saturated heterocycles. The van der Waals surface area contributed by atoms with Gasteiger partial charge in [0, 0.05) is 23.4 Å². The Labute approximate surface area is 178 Å². The molecule has 2 N–H and O–H groups in total. The smallest absolute Gasteiger partial charge is 0.311 e. The van der Waals surface area contributed by atoms with E-state index in [1.165, 1.54) is 23.6 Å². The van der Waals surface area contributed by atoms with Crippen LogP contribution in [0.2, 0.25) is 0 Å². The standard InChI is InChI=1S/C20H25N3O6S/c1-3-27-18(25)6-5-9-29-16-8-7-14(17(24)11-16)12-21-23-20-22-15(13-30-20)10-19(26)28-4-2/h7-8,11-13,24H,3-6,9-10H2,1-2H3,(H,22,23). The van der Waals surface area contributed by atoms with Gasteiger partial charge in [-0.15, -0.1) is 11.3 Å². The summed E-state index contributed by atoms with van der Waals surface area (Å²) in [6.07, 6.45) is 2.37. The van der Waals surface area contributed by atoms with Gasteiger partial charge in [-0.2, -0.15) is 5.10 Å². The second-order valence-electron chi connectivity index (χ2n) is 5.97. The first-order valence-corrected chi connectivity index (χ1v) is 10.4. The molecule has 0 aliphatic carbocycles. The lowest BCUT2D eigenvalue weighted by molar-refractivity contribution is -0.143. The van der Waals surface area contributed by atoms with Gasteiger partial charge in [0.05, 0.1) is 38.1 Å². The highest BCUT2D eigenvalue weighted by molar-refractivity contribution is 7.13. The normalized spacial score (nSPS) is 10.7. The van der Waals surface area contributed by atoms with E-state index < -0.39 is 0 Å². The number of anilines is 1. The number of phenolic OH excluding ortho intramolecular Hbond substituents is 1. The van der Waals surface area contributed by atoms with Crippen LogP contribution in [-0.2, 0) is 25.5 Å². The molecule has 2 aromatic rings. The average molecular weight is 436 g/mol. The monoisotopic (exact) mass is 435 g/mol. The molecule has 0 atom stereocenters. The van der Waals surface area contributed by atoms with E-state index >= 15 is 0 Å². The van der Waals surface area contributed by atoms with E-state index in [0.29, 0.717) is 48.4 Å². The molecular weight excluding hydrogens is 410 g/mol. The number of hydrogen-bond donors (Lipinski definition) is 2. The van der Waals surface area contributed by atoms with Crippen LogP contribution in [0, 0.1) is 0 Å². The second kappa shape index (κ2) is 12.4. The molecule has 0 aliphatic heterocycles. The zero-order chi connectivity index (χ0) is 21.8. The molecule has 10 heteroatoms. The van der Waals surface area contributed by atoms with E-state index in [2.05, 4.69) is 15.5 Å². The van der Waals surface area contributed by atoms with Crippen molar-refractivity contribution in [2.75, 3.05) is 25.2 Å². The van der Waals surface area contributed by atoms with Crippen LogP contribution < -0.4 is 10.2 Å². The minimum absolute atomic E-state index is 0.00517. The molecule has 9 nitrogen and oxygen atoms in total. The number of nitrogens with one attached hydrogen (secondary N) is 1. The van der Waals surface area contributed by atoms with Crippen LogP contribution in [0.15, 0.2) is 28.7 Å². The van der Waals surface area contributed by atoms with Crippen molar-refractivity contribution in [1.82, 2.24) is 4.98 Å². The lowest BCUT2D eigenvalue weighted by Crippen LogP contribution is -2.07. The van der Waals surface area contributed by atoms with Gasteiger partial charge in [0.2, 0.25) is 5.13 Å². The molecule has 0 radical (unpaired) electrons. The van der Waals surface area contributed by atoms with Gasteiger partial charge in [-0.1, -0.05) is 0 Å². The summed E-state index contributed by atoms with van der Waals surface area (Å²) in [6, 6.07) is 4.84. The van der Waals surface area contributed by atoms with E-state index in [9.17, 15) is 14.7 Å². The lowest BCUT2D eigenvalue weighted by atomic mass is 10.2. The highest BCUT2D eigenvalue weighted by Gasteiger charge is 2.08. The minimum atomic E-state index is -0.328. The quantitative estimate of drug-likeness (QED) is 0.226. The number of carbonyl (C=O) groups is 2. The molecule has 0 aliphatic rings. The summed E-state index contributed by atoms with van der Waals surface area (Å²) in [5.41, 5.74) is 3.85. The molecule has 1 aromatic carbocycles. The van der Waals surface area contributed by atoms with E-state index in [1.807, 2.05) is 0 Å². The van der Waals surface area contributed by atoms with Gasteiger partial charge in [0.15, 0.2) is 0 Å². The fourth-order valence-corrected chi connectivity index (χ4v) is 2.98. The average Bonchev–Trinajstić information content (AvgIpc) is 3.14. The molecule has 0 saturated carbocycles. The summed E-state index contributed by atoms with van der Waals surface area (Å²) < 4.78 is 15.3. The summed E-state index contributed by atoms with van der Waals surface area (Å²) in [6.45, 7) is 4.55. The number of aromatic hydroxyl groups is 1. The molecule has 0 spiro atoms. The van der Waals surface area contributed by atoms with Gasteiger partial charge in [-0.3, -0.25) is 15.0 Å². The van der Waals surface area contributed by atoms with Crippen molar-refractivity contribution in [2.24, 2.45) is 5.10 Å². The van der Waals surface area contributed by atoms with Crippen molar-refractivity contribution in [3.63, 3.8) is 0 Å². The van der Waals surface area contributed by atoms with Crippen LogP contribution in [0.4, 0.5) is 5.13 Å². The summed E-state index contributed by atoms with van der Waals surface area (Å²) in [5.74, 6) is -0.0854. The van der Waals surface area contributed by atoms with Crippen molar-refractivity contribution >= 4 is 34.6 Å². The number of carbonyl (C=O) groups excluding carboxylic acids is 2. The highest BCUT2D eigenvalue weighted by atomic mass is 32.1. The summed E-state index contributed by atoms with van der Waals surface area (Å²) in [5, 5.41) is 16.4. The summed E-state index contributed by atoms with van der Waals surface area (Å²) >= 11 is 1.31. The Hall–Kier alpha value is -3.14. The number of phenols is 1. The highest BCUT2D eigenvalue weighted by Crippen LogP contribution is 2.23. The molecular formula is C20H25N3O6S. The number of benzene rings is 1. The third-order valence-corrected chi connectivity index (χ3v) is 4.44. The Morgan fingerprint density at radius 3 is 2.73 bits per heavy atom. The van der Waals surface area contributed by atoms with Crippen molar-refractivity contribution in [2.45, 2.75) is 33.1 Å². The maximum Gasteiger partial charge on any atom is 0.311 e. The van der Waals surface area contributed by atoms with Gasteiger partial charge in [0.1, 0.15) is 11.5 Å². The second-order valence-corrected chi connectivity index (χ2v) is 6.83. The molecule has 0 bridgehead atoms.